The first-order valence-corrected chi connectivity index (χ1v) is 8.96. The molecule has 0 aromatic heterocycles. The second kappa shape index (κ2) is 8.86. The van der Waals surface area contributed by atoms with Gasteiger partial charge in [0, 0.05) is 26.2 Å². The van der Waals surface area contributed by atoms with Gasteiger partial charge in [0.2, 0.25) is 0 Å². The molecule has 1 aliphatic rings. The Kier molecular flexibility index (Phi) is 6.27. The Morgan fingerprint density at radius 2 is 1.62 bits per heavy atom. The van der Waals surface area contributed by atoms with E-state index in [9.17, 15) is 0 Å². The van der Waals surface area contributed by atoms with Crippen LogP contribution in [0.25, 0.3) is 0 Å². The van der Waals surface area contributed by atoms with Crippen LogP contribution in [0.15, 0.2) is 54.6 Å². The fourth-order valence-electron chi connectivity index (χ4n) is 3.11. The van der Waals surface area contributed by atoms with E-state index < -0.39 is 0 Å². The third kappa shape index (κ3) is 5.36. The normalized spacial score (nSPS) is 16.2. The number of hydrogen-bond donors (Lipinski definition) is 0. The van der Waals surface area contributed by atoms with E-state index in [1.807, 2.05) is 24.3 Å². The summed E-state index contributed by atoms with van der Waals surface area (Å²) in [6.45, 7) is 6.63. The van der Waals surface area contributed by atoms with Crippen LogP contribution in [0.1, 0.15) is 17.5 Å². The van der Waals surface area contributed by atoms with Crippen molar-refractivity contribution in [2.75, 3.05) is 39.8 Å². The van der Waals surface area contributed by atoms with E-state index in [1.165, 1.54) is 50.3 Å². The Bertz CT molecular complexity index is 606. The molecule has 1 fully saturated rings. The fourth-order valence-corrected chi connectivity index (χ4v) is 3.11. The molecule has 2 aromatic carbocycles. The van der Waals surface area contributed by atoms with Gasteiger partial charge in [0.1, 0.15) is 12.4 Å². The van der Waals surface area contributed by atoms with Gasteiger partial charge in [0.05, 0.1) is 0 Å². The summed E-state index contributed by atoms with van der Waals surface area (Å²) in [7, 11) is 2.21. The summed E-state index contributed by atoms with van der Waals surface area (Å²) in [5.41, 5.74) is 2.58. The Labute approximate surface area is 145 Å². The van der Waals surface area contributed by atoms with Crippen LogP contribution in [0.2, 0.25) is 0 Å². The Morgan fingerprint density at radius 3 is 2.42 bits per heavy atom. The van der Waals surface area contributed by atoms with Crippen LogP contribution >= 0.6 is 0 Å². The molecule has 0 radical (unpaired) electrons. The van der Waals surface area contributed by atoms with Crippen LogP contribution < -0.4 is 4.74 Å². The topological polar surface area (TPSA) is 15.7 Å². The first-order chi connectivity index (χ1) is 11.8. The van der Waals surface area contributed by atoms with Crippen molar-refractivity contribution in [3.63, 3.8) is 0 Å². The molecule has 1 aliphatic heterocycles. The molecule has 3 heteroatoms. The maximum absolute atomic E-state index is 5.92. The zero-order valence-corrected chi connectivity index (χ0v) is 14.7. The lowest BCUT2D eigenvalue weighted by Crippen LogP contribution is -2.44. The van der Waals surface area contributed by atoms with Crippen molar-refractivity contribution >= 4 is 0 Å². The van der Waals surface area contributed by atoms with E-state index in [0.717, 1.165) is 12.2 Å². The highest BCUT2D eigenvalue weighted by Gasteiger charge is 2.12. The zero-order valence-electron chi connectivity index (χ0n) is 14.7. The molecule has 128 valence electrons. The number of hydrogen-bond acceptors (Lipinski definition) is 3. The van der Waals surface area contributed by atoms with E-state index in [-0.39, 0.29) is 0 Å². The van der Waals surface area contributed by atoms with Crippen LogP contribution in [0.5, 0.6) is 5.75 Å². The maximum Gasteiger partial charge on any atom is 0.120 e. The van der Waals surface area contributed by atoms with E-state index in [2.05, 4.69) is 47.2 Å². The predicted molar refractivity (Wildman–Crippen MR) is 99.5 cm³/mol. The fraction of sp³-hybridized carbons (Fsp3) is 0.429. The highest BCUT2D eigenvalue weighted by molar-refractivity contribution is 5.29. The summed E-state index contributed by atoms with van der Waals surface area (Å²) in [5, 5.41) is 0. The van der Waals surface area contributed by atoms with Crippen LogP contribution in [-0.4, -0.2) is 49.6 Å². The van der Waals surface area contributed by atoms with Gasteiger partial charge in [-0.3, -0.25) is 0 Å². The standard InChI is InChI=1S/C21H28N2O/c1-22-13-15-23(16-14-22)12-6-10-19-9-5-11-21(17-19)24-18-20-7-3-2-4-8-20/h2-5,7-9,11,17H,6,10,12-16,18H2,1H3. The molecule has 0 amide bonds. The number of ether oxygens (including phenoxy) is 1. The highest BCUT2D eigenvalue weighted by atomic mass is 16.5. The van der Waals surface area contributed by atoms with E-state index in [1.54, 1.807) is 0 Å². The quantitative estimate of drug-likeness (QED) is 0.776. The number of nitrogens with zero attached hydrogens (tertiary/aromatic N) is 2. The third-order valence-electron chi connectivity index (χ3n) is 4.68. The molecule has 0 aliphatic carbocycles. The minimum Gasteiger partial charge on any atom is -0.489 e. The highest BCUT2D eigenvalue weighted by Crippen LogP contribution is 2.16. The van der Waals surface area contributed by atoms with Crippen molar-refractivity contribution in [3.05, 3.63) is 65.7 Å². The minimum absolute atomic E-state index is 0.631. The van der Waals surface area contributed by atoms with Crippen molar-refractivity contribution in [1.82, 2.24) is 9.80 Å². The largest absolute Gasteiger partial charge is 0.489 e. The molecule has 1 heterocycles. The number of rotatable bonds is 7. The van der Waals surface area contributed by atoms with Crippen LogP contribution in [0.3, 0.4) is 0 Å². The second-order valence-corrected chi connectivity index (χ2v) is 6.67. The van der Waals surface area contributed by atoms with E-state index in [0.29, 0.717) is 6.61 Å². The molecular formula is C21H28N2O. The number of likely N-dealkylation sites (N-methyl/N-ethyl adjacent to an activating group) is 1. The average molecular weight is 324 g/mol. The van der Waals surface area contributed by atoms with Crippen molar-refractivity contribution < 1.29 is 4.74 Å². The lowest BCUT2D eigenvalue weighted by atomic mass is 10.1. The van der Waals surface area contributed by atoms with Gasteiger partial charge in [0.25, 0.3) is 0 Å². The Balaban J connectivity index is 1.43. The molecule has 2 aromatic rings. The van der Waals surface area contributed by atoms with Crippen LogP contribution in [0, 0.1) is 0 Å². The third-order valence-corrected chi connectivity index (χ3v) is 4.68. The zero-order chi connectivity index (χ0) is 16.6. The lowest BCUT2D eigenvalue weighted by molar-refractivity contribution is 0.153. The molecule has 3 nitrogen and oxygen atoms in total. The smallest absolute Gasteiger partial charge is 0.120 e. The summed E-state index contributed by atoms with van der Waals surface area (Å²) >= 11 is 0. The summed E-state index contributed by atoms with van der Waals surface area (Å²) in [5.74, 6) is 0.968. The Morgan fingerprint density at radius 1 is 0.875 bits per heavy atom. The van der Waals surface area contributed by atoms with Gasteiger partial charge in [0.15, 0.2) is 0 Å². The summed E-state index contributed by atoms with van der Waals surface area (Å²) in [4.78, 5) is 4.99. The first-order valence-electron chi connectivity index (χ1n) is 8.96. The van der Waals surface area contributed by atoms with Gasteiger partial charge >= 0.3 is 0 Å². The van der Waals surface area contributed by atoms with Gasteiger partial charge in [-0.1, -0.05) is 42.5 Å². The van der Waals surface area contributed by atoms with E-state index >= 15 is 0 Å². The molecule has 1 saturated heterocycles. The monoisotopic (exact) mass is 324 g/mol. The minimum atomic E-state index is 0.631. The number of aryl methyl sites for hydroxylation is 1. The van der Waals surface area contributed by atoms with Crippen molar-refractivity contribution in [3.8, 4) is 5.75 Å². The Hall–Kier alpha value is -1.84. The molecule has 0 bridgehead atoms. The molecular weight excluding hydrogens is 296 g/mol. The number of benzene rings is 2. The number of piperazine rings is 1. The second-order valence-electron chi connectivity index (χ2n) is 6.67. The van der Waals surface area contributed by atoms with Gasteiger partial charge in [-0.2, -0.15) is 0 Å². The summed E-state index contributed by atoms with van der Waals surface area (Å²) in [6.07, 6.45) is 2.33. The predicted octanol–water partition coefficient (Wildman–Crippen LogP) is 3.45. The molecule has 24 heavy (non-hydrogen) atoms. The van der Waals surface area contributed by atoms with Crippen molar-refractivity contribution in [2.24, 2.45) is 0 Å². The van der Waals surface area contributed by atoms with E-state index in [4.69, 9.17) is 4.74 Å². The molecule has 0 saturated carbocycles. The van der Waals surface area contributed by atoms with Crippen molar-refractivity contribution in [1.29, 1.82) is 0 Å². The average Bonchev–Trinajstić information content (AvgIpc) is 2.63. The molecule has 0 spiro atoms. The maximum atomic E-state index is 5.92. The molecule has 0 atom stereocenters. The molecule has 0 N–H and O–H groups in total. The SMILES string of the molecule is CN1CCN(CCCc2cccc(OCc3ccccc3)c2)CC1. The van der Waals surface area contributed by atoms with Gasteiger partial charge < -0.3 is 14.5 Å². The first kappa shape index (κ1) is 17.0. The van der Waals surface area contributed by atoms with Gasteiger partial charge in [-0.15, -0.1) is 0 Å². The van der Waals surface area contributed by atoms with Crippen molar-refractivity contribution in [2.45, 2.75) is 19.4 Å². The van der Waals surface area contributed by atoms with Crippen LogP contribution in [-0.2, 0) is 13.0 Å². The summed E-state index contributed by atoms with van der Waals surface area (Å²) < 4.78 is 5.92. The lowest BCUT2D eigenvalue weighted by Gasteiger charge is -2.32. The van der Waals surface area contributed by atoms with Crippen LogP contribution in [0.4, 0.5) is 0 Å². The molecule has 0 unspecified atom stereocenters. The van der Waals surface area contributed by atoms with Gasteiger partial charge in [-0.25, -0.2) is 0 Å². The van der Waals surface area contributed by atoms with Gasteiger partial charge in [-0.05, 0) is 49.7 Å². The summed E-state index contributed by atoms with van der Waals surface area (Å²) in [6, 6.07) is 18.9. The molecule has 3 rings (SSSR count).